The molecule has 3 rings (SSSR count). The van der Waals surface area contributed by atoms with Crippen molar-refractivity contribution in [1.29, 1.82) is 0 Å². The van der Waals surface area contributed by atoms with Crippen LogP contribution in [0.2, 0.25) is 0 Å². The van der Waals surface area contributed by atoms with E-state index in [0.29, 0.717) is 30.4 Å². The molecule has 0 radical (unpaired) electrons. The largest absolute Gasteiger partial charge is 0.355 e. The van der Waals surface area contributed by atoms with Crippen molar-refractivity contribution in [2.75, 3.05) is 39.3 Å². The monoisotopic (exact) mass is 360 g/mol. The first-order valence-electron chi connectivity index (χ1n) is 9.22. The Balaban J connectivity index is 1.58. The molecule has 2 aromatic heterocycles. The first-order chi connectivity index (χ1) is 12.5. The zero-order valence-electron chi connectivity index (χ0n) is 15.8. The average molecular weight is 360 g/mol. The zero-order chi connectivity index (χ0) is 18.7. The summed E-state index contributed by atoms with van der Waals surface area (Å²) in [4.78, 5) is 31.2. The van der Waals surface area contributed by atoms with Crippen LogP contribution in [0.25, 0.3) is 11.0 Å². The number of fused-ring (bicyclic) bond motifs is 1. The van der Waals surface area contributed by atoms with Crippen LogP contribution in [0.3, 0.4) is 0 Å². The topological polar surface area (TPSA) is 95.1 Å². The van der Waals surface area contributed by atoms with E-state index in [1.54, 1.807) is 11.7 Å². The second-order valence-electron chi connectivity index (χ2n) is 6.94. The number of hydrogen-bond acceptors (Lipinski definition) is 5. The Hall–Kier alpha value is -2.19. The lowest BCUT2D eigenvalue weighted by atomic mass is 10.0. The molecular formula is C18H28N6O2. The Morgan fingerprint density at radius 2 is 2.00 bits per heavy atom. The molecule has 1 aliphatic rings. The lowest BCUT2D eigenvalue weighted by Crippen LogP contribution is -2.46. The van der Waals surface area contributed by atoms with E-state index in [1.165, 1.54) is 0 Å². The lowest BCUT2D eigenvalue weighted by Gasteiger charge is -2.27. The maximum Gasteiger partial charge on any atom is 0.273 e. The van der Waals surface area contributed by atoms with Gasteiger partial charge in [-0.15, -0.1) is 0 Å². The van der Waals surface area contributed by atoms with Gasteiger partial charge in [-0.05, 0) is 31.4 Å². The van der Waals surface area contributed by atoms with Crippen LogP contribution < -0.4 is 16.2 Å². The third-order valence-electron chi connectivity index (χ3n) is 5.14. The molecule has 1 fully saturated rings. The second kappa shape index (κ2) is 8.01. The minimum atomic E-state index is -0.130. The SMILES string of the molecule is Cc1nc2c(c(C)c1CCC(=O)NCCN1CCNCC1)c(=O)[nH]n2C. The van der Waals surface area contributed by atoms with Gasteiger partial charge in [0, 0.05) is 58.4 Å². The zero-order valence-corrected chi connectivity index (χ0v) is 15.8. The van der Waals surface area contributed by atoms with Crippen molar-refractivity contribution < 1.29 is 4.79 Å². The molecule has 3 heterocycles. The van der Waals surface area contributed by atoms with Crippen molar-refractivity contribution in [3.63, 3.8) is 0 Å². The minimum absolute atomic E-state index is 0.0426. The van der Waals surface area contributed by atoms with E-state index in [2.05, 4.69) is 25.6 Å². The van der Waals surface area contributed by atoms with Crippen LogP contribution in [0.4, 0.5) is 0 Å². The molecule has 0 bridgehead atoms. The van der Waals surface area contributed by atoms with E-state index in [-0.39, 0.29) is 11.5 Å². The Morgan fingerprint density at radius 3 is 2.73 bits per heavy atom. The highest BCUT2D eigenvalue weighted by Crippen LogP contribution is 2.20. The number of nitrogens with one attached hydrogen (secondary N) is 3. The van der Waals surface area contributed by atoms with Gasteiger partial charge in [0.1, 0.15) is 0 Å². The summed E-state index contributed by atoms with van der Waals surface area (Å²) in [7, 11) is 1.78. The van der Waals surface area contributed by atoms with Gasteiger partial charge < -0.3 is 10.6 Å². The number of hydrogen-bond donors (Lipinski definition) is 3. The van der Waals surface area contributed by atoms with Crippen molar-refractivity contribution in [1.82, 2.24) is 30.3 Å². The Morgan fingerprint density at radius 1 is 1.27 bits per heavy atom. The molecule has 1 saturated heterocycles. The number of H-pyrrole nitrogens is 1. The highest BCUT2D eigenvalue weighted by atomic mass is 16.1. The molecule has 142 valence electrons. The van der Waals surface area contributed by atoms with Gasteiger partial charge in [-0.2, -0.15) is 0 Å². The molecule has 0 spiro atoms. The maximum atomic E-state index is 12.2. The molecule has 1 amide bonds. The van der Waals surface area contributed by atoms with Crippen molar-refractivity contribution in [3.05, 3.63) is 27.2 Å². The number of nitrogens with zero attached hydrogens (tertiary/aromatic N) is 3. The molecule has 2 aromatic rings. The molecule has 3 N–H and O–H groups in total. The number of pyridine rings is 1. The fourth-order valence-corrected chi connectivity index (χ4v) is 3.63. The quantitative estimate of drug-likeness (QED) is 0.665. The van der Waals surface area contributed by atoms with Gasteiger partial charge in [0.15, 0.2) is 5.65 Å². The number of carbonyl (C=O) groups excluding carboxylic acids is 1. The summed E-state index contributed by atoms with van der Waals surface area (Å²) in [5, 5.41) is 9.68. The summed E-state index contributed by atoms with van der Waals surface area (Å²) >= 11 is 0. The number of carbonyl (C=O) groups is 1. The van der Waals surface area contributed by atoms with Crippen LogP contribution in [0.5, 0.6) is 0 Å². The van der Waals surface area contributed by atoms with Gasteiger partial charge >= 0.3 is 0 Å². The van der Waals surface area contributed by atoms with Crippen LogP contribution in [0.15, 0.2) is 4.79 Å². The van der Waals surface area contributed by atoms with Crippen molar-refractivity contribution >= 4 is 16.9 Å². The van der Waals surface area contributed by atoms with Gasteiger partial charge in [-0.25, -0.2) is 4.98 Å². The summed E-state index contributed by atoms with van der Waals surface area (Å²) in [5.74, 6) is 0.0426. The summed E-state index contributed by atoms with van der Waals surface area (Å²) in [6.45, 7) is 9.52. The molecule has 8 heteroatoms. The summed E-state index contributed by atoms with van der Waals surface area (Å²) in [6, 6.07) is 0. The third kappa shape index (κ3) is 3.96. The predicted octanol–water partition coefficient (Wildman–Crippen LogP) is -0.168. The van der Waals surface area contributed by atoms with Crippen LogP contribution >= 0.6 is 0 Å². The number of aryl methyl sites for hydroxylation is 3. The standard InChI is InChI=1S/C18H28N6O2/c1-12-14(13(2)21-17-16(12)18(26)22-23(17)3)4-5-15(25)20-8-11-24-9-6-19-7-10-24/h19H,4-11H2,1-3H3,(H,20,25)(H,22,26). The molecule has 0 atom stereocenters. The van der Waals surface area contributed by atoms with E-state index in [0.717, 1.165) is 49.5 Å². The molecule has 0 aliphatic carbocycles. The lowest BCUT2D eigenvalue weighted by molar-refractivity contribution is -0.121. The molecule has 0 unspecified atom stereocenters. The normalized spacial score (nSPS) is 15.5. The highest BCUT2D eigenvalue weighted by Gasteiger charge is 2.16. The van der Waals surface area contributed by atoms with Crippen LogP contribution in [0, 0.1) is 13.8 Å². The first-order valence-corrected chi connectivity index (χ1v) is 9.22. The maximum absolute atomic E-state index is 12.2. The number of piperazine rings is 1. The first kappa shape index (κ1) is 18.6. The number of amides is 1. The highest BCUT2D eigenvalue weighted by molar-refractivity contribution is 5.81. The van der Waals surface area contributed by atoms with E-state index in [1.807, 2.05) is 13.8 Å². The van der Waals surface area contributed by atoms with Gasteiger partial charge in [-0.3, -0.25) is 24.3 Å². The summed E-state index contributed by atoms with van der Waals surface area (Å²) < 4.78 is 1.64. The van der Waals surface area contributed by atoms with Crippen LogP contribution in [-0.4, -0.2) is 64.8 Å². The molecule has 0 aromatic carbocycles. The van der Waals surface area contributed by atoms with Gasteiger partial charge in [0.2, 0.25) is 5.91 Å². The van der Waals surface area contributed by atoms with Crippen molar-refractivity contribution in [3.8, 4) is 0 Å². The Kier molecular flexibility index (Phi) is 5.73. The average Bonchev–Trinajstić information content (AvgIpc) is 2.89. The van der Waals surface area contributed by atoms with Crippen LogP contribution in [0.1, 0.15) is 23.2 Å². The second-order valence-corrected chi connectivity index (χ2v) is 6.94. The molecule has 0 saturated carbocycles. The van der Waals surface area contributed by atoms with E-state index >= 15 is 0 Å². The predicted molar refractivity (Wildman–Crippen MR) is 101 cm³/mol. The number of rotatable bonds is 6. The van der Waals surface area contributed by atoms with Crippen LogP contribution in [-0.2, 0) is 18.3 Å². The van der Waals surface area contributed by atoms with Gasteiger partial charge in [0.25, 0.3) is 5.56 Å². The number of aromatic amines is 1. The van der Waals surface area contributed by atoms with E-state index in [9.17, 15) is 9.59 Å². The summed E-state index contributed by atoms with van der Waals surface area (Å²) in [5.41, 5.74) is 3.32. The Bertz CT molecular complexity index is 847. The number of aromatic nitrogens is 3. The van der Waals surface area contributed by atoms with Crippen molar-refractivity contribution in [2.45, 2.75) is 26.7 Å². The summed E-state index contributed by atoms with van der Waals surface area (Å²) in [6.07, 6.45) is 0.996. The smallest absolute Gasteiger partial charge is 0.273 e. The van der Waals surface area contributed by atoms with Gasteiger partial charge in [-0.1, -0.05) is 0 Å². The fraction of sp³-hybridized carbons (Fsp3) is 0.611. The molecule has 26 heavy (non-hydrogen) atoms. The van der Waals surface area contributed by atoms with Crippen molar-refractivity contribution in [2.24, 2.45) is 7.05 Å². The fourth-order valence-electron chi connectivity index (χ4n) is 3.63. The molecule has 8 nitrogen and oxygen atoms in total. The third-order valence-corrected chi connectivity index (χ3v) is 5.14. The molecular weight excluding hydrogens is 332 g/mol. The Labute approximate surface area is 152 Å². The molecule has 1 aliphatic heterocycles. The van der Waals surface area contributed by atoms with E-state index < -0.39 is 0 Å². The van der Waals surface area contributed by atoms with Gasteiger partial charge in [0.05, 0.1) is 5.39 Å². The van der Waals surface area contributed by atoms with E-state index in [4.69, 9.17) is 0 Å². The minimum Gasteiger partial charge on any atom is -0.355 e.